The first-order valence-electron chi connectivity index (χ1n) is 5.01. The van der Waals surface area contributed by atoms with E-state index in [9.17, 15) is 4.79 Å². The van der Waals surface area contributed by atoms with Gasteiger partial charge in [0.2, 0.25) is 0 Å². The minimum absolute atomic E-state index is 0.453. The van der Waals surface area contributed by atoms with Gasteiger partial charge >= 0.3 is 5.97 Å². The molecule has 0 amide bonds. The average molecular weight is 210 g/mol. The first kappa shape index (κ1) is 10.2. The van der Waals surface area contributed by atoms with Crippen molar-refractivity contribution < 1.29 is 14.3 Å². The second kappa shape index (κ2) is 3.66. The van der Waals surface area contributed by atoms with Crippen LogP contribution in [0.15, 0.2) is 10.8 Å². The lowest BCUT2D eigenvalue weighted by molar-refractivity contribution is -0.148. The first-order chi connectivity index (χ1) is 7.14. The van der Waals surface area contributed by atoms with E-state index in [0.29, 0.717) is 19.4 Å². The molecule has 1 aliphatic rings. The minimum Gasteiger partial charge on any atom is -0.480 e. The molecular formula is C10H14N2O3. The lowest BCUT2D eigenvalue weighted by Gasteiger charge is -2.38. The molecule has 82 valence electrons. The van der Waals surface area contributed by atoms with Gasteiger partial charge in [-0.1, -0.05) is 0 Å². The van der Waals surface area contributed by atoms with Crippen molar-refractivity contribution in [3.8, 4) is 0 Å². The lowest BCUT2D eigenvalue weighted by atomic mass is 9.77. The third kappa shape index (κ3) is 1.74. The molecule has 0 saturated heterocycles. The summed E-state index contributed by atoms with van der Waals surface area (Å²) >= 11 is 0. The number of carbonyl (C=O) groups is 1. The highest BCUT2D eigenvalue weighted by atomic mass is 16.4. The molecule has 2 rings (SSSR count). The van der Waals surface area contributed by atoms with Gasteiger partial charge in [0.15, 0.2) is 6.39 Å². The van der Waals surface area contributed by atoms with E-state index >= 15 is 0 Å². The number of oxazole rings is 1. The largest absolute Gasteiger partial charge is 0.480 e. The van der Waals surface area contributed by atoms with Crippen molar-refractivity contribution in [1.82, 2.24) is 10.3 Å². The molecule has 1 aliphatic carbocycles. The van der Waals surface area contributed by atoms with Crippen LogP contribution in [0.5, 0.6) is 0 Å². The number of hydrogen-bond acceptors (Lipinski definition) is 4. The normalized spacial score (nSPS) is 18.5. The van der Waals surface area contributed by atoms with Crippen LogP contribution >= 0.6 is 0 Å². The van der Waals surface area contributed by atoms with Gasteiger partial charge < -0.3 is 9.52 Å². The molecule has 1 aromatic heterocycles. The van der Waals surface area contributed by atoms with Crippen molar-refractivity contribution in [3.05, 3.63) is 17.8 Å². The number of hydrogen-bond donors (Lipinski definition) is 2. The van der Waals surface area contributed by atoms with Crippen molar-refractivity contribution in [1.29, 1.82) is 0 Å². The molecule has 0 unspecified atom stereocenters. The second-order valence-electron chi connectivity index (χ2n) is 3.95. The SMILES string of the molecule is Cc1ocnc1CNC1(C(=O)O)CCC1. The average Bonchev–Trinajstić information content (AvgIpc) is 2.49. The number of aliphatic carboxylic acids is 1. The highest BCUT2D eigenvalue weighted by molar-refractivity contribution is 5.79. The Morgan fingerprint density at radius 1 is 1.73 bits per heavy atom. The van der Waals surface area contributed by atoms with Crippen LogP contribution in [0.4, 0.5) is 0 Å². The van der Waals surface area contributed by atoms with Crippen LogP contribution in [0.25, 0.3) is 0 Å². The Hall–Kier alpha value is -1.36. The Bertz CT molecular complexity index is 368. The van der Waals surface area contributed by atoms with Crippen molar-refractivity contribution in [2.45, 2.75) is 38.3 Å². The molecular weight excluding hydrogens is 196 g/mol. The lowest BCUT2D eigenvalue weighted by Crippen LogP contribution is -2.56. The van der Waals surface area contributed by atoms with Crippen LogP contribution in [0.2, 0.25) is 0 Å². The summed E-state index contributed by atoms with van der Waals surface area (Å²) in [6.07, 6.45) is 3.73. The van der Waals surface area contributed by atoms with Crippen LogP contribution in [0, 0.1) is 6.92 Å². The van der Waals surface area contributed by atoms with Crippen molar-refractivity contribution in [2.75, 3.05) is 0 Å². The zero-order chi connectivity index (χ0) is 10.9. The Morgan fingerprint density at radius 2 is 2.47 bits per heavy atom. The molecule has 0 bridgehead atoms. The number of carboxylic acids is 1. The predicted molar refractivity (Wildman–Crippen MR) is 52.3 cm³/mol. The molecule has 1 saturated carbocycles. The van der Waals surface area contributed by atoms with Crippen molar-refractivity contribution >= 4 is 5.97 Å². The maximum Gasteiger partial charge on any atom is 0.323 e. The summed E-state index contributed by atoms with van der Waals surface area (Å²) in [7, 11) is 0. The van der Waals surface area contributed by atoms with Gasteiger partial charge in [0.1, 0.15) is 11.3 Å². The number of aryl methyl sites for hydroxylation is 1. The van der Waals surface area contributed by atoms with Gasteiger partial charge in [0.05, 0.1) is 5.69 Å². The number of nitrogens with zero attached hydrogens (tertiary/aromatic N) is 1. The summed E-state index contributed by atoms with van der Waals surface area (Å²) in [5, 5.41) is 12.1. The van der Waals surface area contributed by atoms with Gasteiger partial charge in [-0.3, -0.25) is 10.1 Å². The predicted octanol–water partition coefficient (Wildman–Crippen LogP) is 1.08. The molecule has 5 nitrogen and oxygen atoms in total. The summed E-state index contributed by atoms with van der Waals surface area (Å²) in [6.45, 7) is 2.27. The van der Waals surface area contributed by atoms with E-state index in [1.165, 1.54) is 6.39 Å². The Labute approximate surface area is 87.5 Å². The summed E-state index contributed by atoms with van der Waals surface area (Å²) < 4.78 is 5.04. The molecule has 5 heteroatoms. The van der Waals surface area contributed by atoms with Crippen LogP contribution in [0.3, 0.4) is 0 Å². The van der Waals surface area contributed by atoms with Crippen LogP contribution in [-0.4, -0.2) is 21.6 Å². The standard InChI is InChI=1S/C10H14N2O3/c1-7-8(11-6-15-7)5-12-10(9(13)14)3-2-4-10/h6,12H,2-5H2,1H3,(H,13,14). The van der Waals surface area contributed by atoms with E-state index in [1.54, 1.807) is 0 Å². The zero-order valence-electron chi connectivity index (χ0n) is 8.62. The van der Waals surface area contributed by atoms with Crippen molar-refractivity contribution in [3.63, 3.8) is 0 Å². The highest BCUT2D eigenvalue weighted by Gasteiger charge is 2.43. The fourth-order valence-electron chi connectivity index (χ4n) is 1.75. The molecule has 1 fully saturated rings. The Kier molecular flexibility index (Phi) is 2.48. The van der Waals surface area contributed by atoms with E-state index in [-0.39, 0.29) is 0 Å². The van der Waals surface area contributed by atoms with Crippen LogP contribution in [-0.2, 0) is 11.3 Å². The molecule has 15 heavy (non-hydrogen) atoms. The molecule has 0 atom stereocenters. The number of aromatic nitrogens is 1. The van der Waals surface area contributed by atoms with E-state index < -0.39 is 11.5 Å². The zero-order valence-corrected chi connectivity index (χ0v) is 8.62. The minimum atomic E-state index is -0.769. The topological polar surface area (TPSA) is 75.4 Å². The molecule has 1 heterocycles. The third-order valence-corrected chi connectivity index (χ3v) is 3.06. The number of carboxylic acid groups (broad SMARTS) is 1. The molecule has 2 N–H and O–H groups in total. The number of nitrogens with one attached hydrogen (secondary N) is 1. The van der Waals surface area contributed by atoms with Gasteiger partial charge in [0.25, 0.3) is 0 Å². The van der Waals surface area contributed by atoms with E-state index in [0.717, 1.165) is 17.9 Å². The third-order valence-electron chi connectivity index (χ3n) is 3.06. The van der Waals surface area contributed by atoms with Gasteiger partial charge in [-0.05, 0) is 26.2 Å². The van der Waals surface area contributed by atoms with Gasteiger partial charge in [-0.25, -0.2) is 4.98 Å². The van der Waals surface area contributed by atoms with Crippen molar-refractivity contribution in [2.24, 2.45) is 0 Å². The molecule has 0 aromatic carbocycles. The van der Waals surface area contributed by atoms with Gasteiger partial charge in [0, 0.05) is 6.54 Å². The van der Waals surface area contributed by atoms with E-state index in [4.69, 9.17) is 9.52 Å². The Morgan fingerprint density at radius 3 is 2.87 bits per heavy atom. The highest BCUT2D eigenvalue weighted by Crippen LogP contribution is 2.32. The quantitative estimate of drug-likeness (QED) is 0.777. The summed E-state index contributed by atoms with van der Waals surface area (Å²) in [5.74, 6) is -0.0303. The first-order valence-corrected chi connectivity index (χ1v) is 5.01. The van der Waals surface area contributed by atoms with E-state index in [2.05, 4.69) is 10.3 Å². The molecule has 0 radical (unpaired) electrons. The molecule has 1 aromatic rings. The fourth-order valence-corrected chi connectivity index (χ4v) is 1.75. The fraction of sp³-hybridized carbons (Fsp3) is 0.600. The summed E-state index contributed by atoms with van der Waals surface area (Å²) in [5.41, 5.74) is 0.0494. The smallest absolute Gasteiger partial charge is 0.323 e. The second-order valence-corrected chi connectivity index (χ2v) is 3.95. The van der Waals surface area contributed by atoms with Gasteiger partial charge in [-0.2, -0.15) is 0 Å². The van der Waals surface area contributed by atoms with E-state index in [1.807, 2.05) is 6.92 Å². The molecule has 0 aliphatic heterocycles. The number of rotatable bonds is 4. The molecule has 0 spiro atoms. The monoisotopic (exact) mass is 210 g/mol. The van der Waals surface area contributed by atoms with Crippen LogP contribution in [0.1, 0.15) is 30.7 Å². The summed E-state index contributed by atoms with van der Waals surface area (Å²) in [4.78, 5) is 15.1. The Balaban J connectivity index is 1.98. The maximum atomic E-state index is 11.0. The summed E-state index contributed by atoms with van der Waals surface area (Å²) in [6, 6.07) is 0. The maximum absolute atomic E-state index is 11.0. The van der Waals surface area contributed by atoms with Crippen LogP contribution < -0.4 is 5.32 Å². The van der Waals surface area contributed by atoms with Gasteiger partial charge in [-0.15, -0.1) is 0 Å².